The number of hydrogen-bond acceptors (Lipinski definition) is 5. The quantitative estimate of drug-likeness (QED) is 0.711. The highest BCUT2D eigenvalue weighted by molar-refractivity contribution is 5.89. The second kappa shape index (κ2) is 7.20. The number of nitrogens with two attached hydrogens (primary N) is 1. The highest BCUT2D eigenvalue weighted by Gasteiger charge is 2.19. The molecule has 0 radical (unpaired) electrons. The van der Waals surface area contributed by atoms with Crippen molar-refractivity contribution in [3.05, 3.63) is 42.5 Å². The van der Waals surface area contributed by atoms with Crippen molar-refractivity contribution in [3.8, 4) is 22.8 Å². The summed E-state index contributed by atoms with van der Waals surface area (Å²) in [6.07, 6.45) is 3.76. The lowest BCUT2D eigenvalue weighted by atomic mass is 9.86. The predicted molar refractivity (Wildman–Crippen MR) is 103 cm³/mol. The summed E-state index contributed by atoms with van der Waals surface area (Å²) in [4.78, 5) is 8.67. The van der Waals surface area contributed by atoms with Gasteiger partial charge in [-0.15, -0.1) is 0 Å². The van der Waals surface area contributed by atoms with Crippen LogP contribution in [0.5, 0.6) is 11.6 Å². The van der Waals surface area contributed by atoms with E-state index in [4.69, 9.17) is 15.2 Å². The third kappa shape index (κ3) is 3.43. The van der Waals surface area contributed by atoms with E-state index < -0.39 is 0 Å². The molecule has 0 spiro atoms. The monoisotopic (exact) mass is 349 g/mol. The molecule has 26 heavy (non-hydrogen) atoms. The van der Waals surface area contributed by atoms with E-state index in [9.17, 15) is 0 Å². The molecule has 1 aromatic heterocycles. The number of benzene rings is 2. The van der Waals surface area contributed by atoms with E-state index in [2.05, 4.69) is 28.2 Å². The second-order valence-corrected chi connectivity index (χ2v) is 6.68. The maximum absolute atomic E-state index is 5.99. The molecule has 0 aliphatic heterocycles. The standard InChI is InChI=1S/C21H23N3O2/c1-2-25-17-9-6-15(7-10-17)16-8-11-19-18(12-16)20(24-21(22)23-19)26-13-14-4-3-5-14/h6-12,14H,2-5,13H2,1H3,(H2,22,23,24). The molecule has 1 fully saturated rings. The molecule has 2 aromatic carbocycles. The number of ether oxygens (including phenoxy) is 2. The zero-order valence-corrected chi connectivity index (χ0v) is 14.9. The molecule has 1 aliphatic carbocycles. The summed E-state index contributed by atoms with van der Waals surface area (Å²) >= 11 is 0. The number of anilines is 1. The van der Waals surface area contributed by atoms with Gasteiger partial charge in [-0.3, -0.25) is 0 Å². The van der Waals surface area contributed by atoms with Gasteiger partial charge in [0.1, 0.15) is 5.75 Å². The van der Waals surface area contributed by atoms with Crippen molar-refractivity contribution in [1.82, 2.24) is 9.97 Å². The number of nitrogens with zero attached hydrogens (tertiary/aromatic N) is 2. The van der Waals surface area contributed by atoms with E-state index in [0.29, 0.717) is 25.0 Å². The Morgan fingerprint density at radius 3 is 2.46 bits per heavy atom. The van der Waals surface area contributed by atoms with Crippen LogP contribution in [0.15, 0.2) is 42.5 Å². The molecule has 1 aliphatic rings. The molecule has 0 saturated heterocycles. The Kier molecular flexibility index (Phi) is 4.61. The predicted octanol–water partition coefficient (Wildman–Crippen LogP) is 4.46. The van der Waals surface area contributed by atoms with Crippen molar-refractivity contribution in [2.45, 2.75) is 26.2 Å². The Morgan fingerprint density at radius 1 is 1.00 bits per heavy atom. The van der Waals surface area contributed by atoms with Crippen LogP contribution in [0.25, 0.3) is 22.0 Å². The van der Waals surface area contributed by atoms with Crippen LogP contribution < -0.4 is 15.2 Å². The summed E-state index contributed by atoms with van der Waals surface area (Å²) in [5.41, 5.74) is 8.85. The smallest absolute Gasteiger partial charge is 0.226 e. The third-order valence-electron chi connectivity index (χ3n) is 4.86. The average Bonchev–Trinajstić information content (AvgIpc) is 2.61. The van der Waals surface area contributed by atoms with Gasteiger partial charge >= 0.3 is 0 Å². The van der Waals surface area contributed by atoms with Gasteiger partial charge in [0.15, 0.2) is 0 Å². The van der Waals surface area contributed by atoms with Gasteiger partial charge < -0.3 is 15.2 Å². The molecule has 5 nitrogen and oxygen atoms in total. The molecule has 2 N–H and O–H groups in total. The normalized spacial score (nSPS) is 14.2. The molecule has 3 aromatic rings. The summed E-state index contributed by atoms with van der Waals surface area (Å²) in [6.45, 7) is 3.34. The molecule has 0 unspecified atom stereocenters. The minimum Gasteiger partial charge on any atom is -0.494 e. The van der Waals surface area contributed by atoms with E-state index in [1.54, 1.807) is 0 Å². The van der Waals surface area contributed by atoms with Crippen LogP contribution in [0.4, 0.5) is 5.95 Å². The Labute approximate surface area is 153 Å². The van der Waals surface area contributed by atoms with E-state index in [-0.39, 0.29) is 5.95 Å². The average molecular weight is 349 g/mol. The van der Waals surface area contributed by atoms with E-state index in [1.165, 1.54) is 19.3 Å². The SMILES string of the molecule is CCOc1ccc(-c2ccc3nc(N)nc(OCC4CCC4)c3c2)cc1. The van der Waals surface area contributed by atoms with Crippen molar-refractivity contribution in [1.29, 1.82) is 0 Å². The number of nitrogen functional groups attached to an aromatic ring is 1. The van der Waals surface area contributed by atoms with Crippen molar-refractivity contribution in [2.24, 2.45) is 5.92 Å². The van der Waals surface area contributed by atoms with Gasteiger partial charge in [-0.1, -0.05) is 24.6 Å². The summed E-state index contributed by atoms with van der Waals surface area (Å²) in [7, 11) is 0. The van der Waals surface area contributed by atoms with Crippen LogP contribution in [-0.4, -0.2) is 23.2 Å². The van der Waals surface area contributed by atoms with Gasteiger partial charge in [0.2, 0.25) is 11.8 Å². The summed E-state index contributed by atoms with van der Waals surface area (Å²) in [5.74, 6) is 2.33. The van der Waals surface area contributed by atoms with Gasteiger partial charge in [-0.25, -0.2) is 4.98 Å². The van der Waals surface area contributed by atoms with Crippen LogP contribution >= 0.6 is 0 Å². The lowest BCUT2D eigenvalue weighted by molar-refractivity contribution is 0.177. The fraction of sp³-hybridized carbons (Fsp3) is 0.333. The fourth-order valence-electron chi connectivity index (χ4n) is 3.17. The molecular formula is C21H23N3O2. The molecule has 0 bridgehead atoms. The van der Waals surface area contributed by atoms with E-state index >= 15 is 0 Å². The largest absolute Gasteiger partial charge is 0.494 e. The van der Waals surface area contributed by atoms with Crippen molar-refractivity contribution >= 4 is 16.9 Å². The summed E-state index contributed by atoms with van der Waals surface area (Å²) < 4.78 is 11.5. The molecule has 1 heterocycles. The molecule has 1 saturated carbocycles. The number of aromatic nitrogens is 2. The number of fused-ring (bicyclic) bond motifs is 1. The zero-order valence-electron chi connectivity index (χ0n) is 14.9. The first kappa shape index (κ1) is 16.6. The van der Waals surface area contributed by atoms with Gasteiger partial charge in [0.05, 0.1) is 24.1 Å². The van der Waals surface area contributed by atoms with Gasteiger partial charge in [-0.05, 0) is 61.1 Å². The minimum atomic E-state index is 0.245. The first-order valence-electron chi connectivity index (χ1n) is 9.16. The van der Waals surface area contributed by atoms with Crippen LogP contribution in [0.2, 0.25) is 0 Å². The highest BCUT2D eigenvalue weighted by Crippen LogP contribution is 2.32. The Balaban J connectivity index is 1.66. The molecule has 134 valence electrons. The lowest BCUT2D eigenvalue weighted by Crippen LogP contribution is -2.19. The molecule has 0 atom stereocenters. The van der Waals surface area contributed by atoms with Crippen LogP contribution in [0.1, 0.15) is 26.2 Å². The van der Waals surface area contributed by atoms with Crippen molar-refractivity contribution < 1.29 is 9.47 Å². The minimum absolute atomic E-state index is 0.245. The second-order valence-electron chi connectivity index (χ2n) is 6.68. The molecule has 4 rings (SSSR count). The van der Waals surface area contributed by atoms with Crippen LogP contribution in [-0.2, 0) is 0 Å². The molecule has 5 heteroatoms. The van der Waals surface area contributed by atoms with Gasteiger partial charge in [0.25, 0.3) is 0 Å². The van der Waals surface area contributed by atoms with Gasteiger partial charge in [0, 0.05) is 0 Å². The Bertz CT molecular complexity index is 905. The van der Waals surface area contributed by atoms with Crippen molar-refractivity contribution in [2.75, 3.05) is 18.9 Å². The fourth-order valence-corrected chi connectivity index (χ4v) is 3.17. The third-order valence-corrected chi connectivity index (χ3v) is 4.86. The highest BCUT2D eigenvalue weighted by atomic mass is 16.5. The van der Waals surface area contributed by atoms with Gasteiger partial charge in [-0.2, -0.15) is 4.98 Å². The number of rotatable bonds is 6. The van der Waals surface area contributed by atoms with Crippen LogP contribution in [0.3, 0.4) is 0 Å². The topological polar surface area (TPSA) is 70.3 Å². The Morgan fingerprint density at radius 2 is 1.77 bits per heavy atom. The first-order chi connectivity index (χ1) is 12.7. The maximum Gasteiger partial charge on any atom is 0.226 e. The molecular weight excluding hydrogens is 326 g/mol. The van der Waals surface area contributed by atoms with E-state index in [0.717, 1.165) is 27.8 Å². The van der Waals surface area contributed by atoms with Crippen molar-refractivity contribution in [3.63, 3.8) is 0 Å². The first-order valence-corrected chi connectivity index (χ1v) is 9.16. The molecule has 0 amide bonds. The maximum atomic E-state index is 5.99. The van der Waals surface area contributed by atoms with E-state index in [1.807, 2.05) is 31.2 Å². The number of hydrogen-bond donors (Lipinski definition) is 1. The zero-order chi connectivity index (χ0) is 17.9. The summed E-state index contributed by atoms with van der Waals surface area (Å²) in [5, 5.41) is 0.893. The van der Waals surface area contributed by atoms with Crippen LogP contribution in [0, 0.1) is 5.92 Å². The lowest BCUT2D eigenvalue weighted by Gasteiger charge is -2.25. The Hall–Kier alpha value is -2.82. The summed E-state index contributed by atoms with van der Waals surface area (Å²) in [6, 6.07) is 14.2.